The molecule has 2 nitrogen and oxygen atoms in total. The lowest BCUT2D eigenvalue weighted by atomic mass is 9.78. The molecule has 0 aliphatic carbocycles. The van der Waals surface area contributed by atoms with E-state index in [-0.39, 0.29) is 12.8 Å². The zero-order valence-corrected chi connectivity index (χ0v) is 51.3. The first-order chi connectivity index (χ1) is 36.9. The van der Waals surface area contributed by atoms with E-state index in [1.54, 1.807) is 14.2 Å². The van der Waals surface area contributed by atoms with Crippen molar-refractivity contribution in [2.24, 2.45) is 0 Å². The van der Waals surface area contributed by atoms with Crippen LogP contribution in [0, 0.1) is 111 Å². The second-order valence-corrected chi connectivity index (χ2v) is 21.9. The molecule has 0 aliphatic heterocycles. The summed E-state index contributed by atoms with van der Waals surface area (Å²) in [6.45, 7) is 38.9. The van der Waals surface area contributed by atoms with E-state index in [1.165, 1.54) is 122 Å². The van der Waals surface area contributed by atoms with Crippen molar-refractivity contribution < 1.29 is 9.47 Å². The molecule has 0 radical (unpaired) electrons. The van der Waals surface area contributed by atoms with Crippen molar-refractivity contribution in [1.29, 1.82) is 0 Å². The van der Waals surface area contributed by atoms with Gasteiger partial charge in [0.1, 0.15) is 11.5 Å². The first kappa shape index (κ1) is 65.9. The van der Waals surface area contributed by atoms with E-state index in [4.69, 9.17) is 9.47 Å². The number of aryl methyl sites for hydroxylation is 16. The lowest BCUT2D eigenvalue weighted by Crippen LogP contribution is -2.18. The normalized spacial score (nSPS) is 10.2. The van der Waals surface area contributed by atoms with E-state index in [0.717, 1.165) is 17.9 Å². The summed E-state index contributed by atoms with van der Waals surface area (Å²) in [6.07, 6.45) is 1.03. The zero-order valence-electron chi connectivity index (χ0n) is 51.3. The third-order valence-electron chi connectivity index (χ3n) is 15.5. The molecule has 79 heavy (non-hydrogen) atoms. The summed E-state index contributed by atoms with van der Waals surface area (Å²) < 4.78 is 10.4. The fourth-order valence-electron chi connectivity index (χ4n) is 8.52. The van der Waals surface area contributed by atoms with Gasteiger partial charge in [-0.3, -0.25) is 0 Å². The Balaban J connectivity index is 0.000000256. The standard InChI is InChI=1S/C17H20O2.C17H20.C16H18.C10H14.2C8H10.CH4/c1-17(2,13-5-9-15(18-3)10-6-13)14-7-11-16(19-4)12-8-14;1-12-5-7-16(9-14(12)3)11-17-8-6-13(2)15(4)10-17;1-11-5-7-15(9-13(11)3)16-8-6-12(2)14(4)10-16;1-7-5-9(3)10(4)6-8(7)2;2*1-7-5-3-4-6-8(7)2;/h5-12H,1-4H3;5-10H,11H2,1-4H3;5-10H,1-4H3;5-6H,1-4H3;2*3-6H,1-2H3;1H4. The molecule has 0 aromatic heterocycles. The average Bonchev–Trinajstić information content (AvgIpc) is 3.43. The van der Waals surface area contributed by atoms with Crippen LogP contribution in [0.15, 0.2) is 182 Å². The third kappa shape index (κ3) is 20.7. The van der Waals surface area contributed by atoms with Crippen LogP contribution in [0.25, 0.3) is 11.1 Å². The molecule has 416 valence electrons. The summed E-state index contributed by atoms with van der Waals surface area (Å²) in [5, 5.41) is 0. The molecule has 0 bridgehead atoms. The van der Waals surface area contributed by atoms with Gasteiger partial charge in [0, 0.05) is 5.41 Å². The predicted octanol–water partition coefficient (Wildman–Crippen LogP) is 21.3. The van der Waals surface area contributed by atoms with Crippen LogP contribution >= 0.6 is 0 Å². The molecule has 0 fully saturated rings. The Morgan fingerprint density at radius 3 is 0.747 bits per heavy atom. The van der Waals surface area contributed by atoms with Crippen molar-refractivity contribution >= 4 is 0 Å². The van der Waals surface area contributed by atoms with Crippen LogP contribution in [0.2, 0.25) is 0 Å². The SMILES string of the molecule is C.COc1ccc(C(C)(C)c2ccc(OC)cc2)cc1.Cc1cc(C)c(C)cc1C.Cc1ccc(-c2ccc(C)c(C)c2)cc1C.Cc1ccc(Cc2ccc(C)c(C)c2)cc1C.Cc1ccccc1C.Cc1ccccc1C. The molecule has 0 heterocycles. The van der Waals surface area contributed by atoms with Crippen LogP contribution in [-0.4, -0.2) is 14.2 Å². The monoisotopic (exact) mass is 1050 g/mol. The number of methoxy groups -OCH3 is 2. The first-order valence-corrected chi connectivity index (χ1v) is 27.6. The van der Waals surface area contributed by atoms with Crippen LogP contribution in [-0.2, 0) is 11.8 Å². The largest absolute Gasteiger partial charge is 0.497 e. The topological polar surface area (TPSA) is 18.5 Å². The highest BCUT2D eigenvalue weighted by Crippen LogP contribution is 2.33. The highest BCUT2D eigenvalue weighted by molar-refractivity contribution is 5.66. The first-order valence-electron chi connectivity index (χ1n) is 27.6. The number of benzene rings is 9. The molecule has 2 heteroatoms. The van der Waals surface area contributed by atoms with E-state index in [2.05, 4.69) is 282 Å². The Morgan fingerprint density at radius 1 is 0.266 bits per heavy atom. The van der Waals surface area contributed by atoms with E-state index in [0.29, 0.717) is 0 Å². The molecule has 0 saturated carbocycles. The van der Waals surface area contributed by atoms with Gasteiger partial charge in [-0.2, -0.15) is 0 Å². The maximum absolute atomic E-state index is 5.20. The van der Waals surface area contributed by atoms with Gasteiger partial charge in [0.15, 0.2) is 0 Å². The molecule has 0 spiro atoms. The molecule has 0 saturated heterocycles. The summed E-state index contributed by atoms with van der Waals surface area (Å²) in [7, 11) is 3.37. The Morgan fingerprint density at radius 2 is 0.506 bits per heavy atom. The lowest BCUT2D eigenvalue weighted by molar-refractivity contribution is 0.414. The number of hydrogen-bond acceptors (Lipinski definition) is 2. The molecule has 0 atom stereocenters. The molecule has 9 aromatic rings. The smallest absolute Gasteiger partial charge is 0.118 e. The minimum atomic E-state index is -0.0431. The minimum Gasteiger partial charge on any atom is -0.497 e. The van der Waals surface area contributed by atoms with Gasteiger partial charge < -0.3 is 9.47 Å². The van der Waals surface area contributed by atoms with Gasteiger partial charge in [0.25, 0.3) is 0 Å². The van der Waals surface area contributed by atoms with E-state index < -0.39 is 0 Å². The van der Waals surface area contributed by atoms with Crippen molar-refractivity contribution in [3.8, 4) is 22.6 Å². The molecular weight excluding hydrogens is 957 g/mol. The molecule has 9 aromatic carbocycles. The van der Waals surface area contributed by atoms with Crippen molar-refractivity contribution in [3.05, 3.63) is 293 Å². The molecule has 0 N–H and O–H groups in total. The zero-order chi connectivity index (χ0) is 57.7. The van der Waals surface area contributed by atoms with E-state index in [9.17, 15) is 0 Å². The maximum Gasteiger partial charge on any atom is 0.118 e. The number of ether oxygens (including phenoxy) is 2. The van der Waals surface area contributed by atoms with Crippen molar-refractivity contribution in [1.82, 2.24) is 0 Å². The van der Waals surface area contributed by atoms with Gasteiger partial charge >= 0.3 is 0 Å². The Hall–Kier alpha value is -7.42. The second kappa shape index (κ2) is 31.8. The average molecular weight is 1050 g/mol. The minimum absolute atomic E-state index is 0. The maximum atomic E-state index is 5.20. The van der Waals surface area contributed by atoms with Gasteiger partial charge in [-0.15, -0.1) is 0 Å². The van der Waals surface area contributed by atoms with E-state index in [1.807, 2.05) is 24.3 Å². The molecule has 0 amide bonds. The predicted molar refractivity (Wildman–Crippen MR) is 348 cm³/mol. The molecular formula is C77H96O2. The fraction of sp³-hybridized carbons (Fsp3) is 0.299. The highest BCUT2D eigenvalue weighted by atomic mass is 16.5. The van der Waals surface area contributed by atoms with Gasteiger partial charge in [-0.25, -0.2) is 0 Å². The van der Waals surface area contributed by atoms with Crippen molar-refractivity contribution in [2.75, 3.05) is 14.2 Å². The van der Waals surface area contributed by atoms with Gasteiger partial charge in [0.2, 0.25) is 0 Å². The van der Waals surface area contributed by atoms with Gasteiger partial charge in [-0.1, -0.05) is 179 Å². The Kier molecular flexibility index (Phi) is 26.6. The van der Waals surface area contributed by atoms with Crippen LogP contribution in [0.3, 0.4) is 0 Å². The quantitative estimate of drug-likeness (QED) is 0.158. The lowest BCUT2D eigenvalue weighted by Gasteiger charge is -2.26. The highest BCUT2D eigenvalue weighted by Gasteiger charge is 2.23. The van der Waals surface area contributed by atoms with Crippen LogP contribution in [0.4, 0.5) is 0 Å². The van der Waals surface area contributed by atoms with E-state index >= 15 is 0 Å². The fourth-order valence-corrected chi connectivity index (χ4v) is 8.52. The van der Waals surface area contributed by atoms with Crippen LogP contribution < -0.4 is 9.47 Å². The Labute approximate surface area is 481 Å². The Bertz CT molecular complexity index is 3010. The summed E-state index contributed by atoms with van der Waals surface area (Å²) in [4.78, 5) is 0. The van der Waals surface area contributed by atoms with Crippen LogP contribution in [0.1, 0.15) is 133 Å². The van der Waals surface area contributed by atoms with Gasteiger partial charge in [0.05, 0.1) is 14.2 Å². The van der Waals surface area contributed by atoms with Crippen molar-refractivity contribution in [3.63, 3.8) is 0 Å². The second-order valence-electron chi connectivity index (χ2n) is 21.9. The third-order valence-corrected chi connectivity index (χ3v) is 15.5. The van der Waals surface area contributed by atoms with Crippen LogP contribution in [0.5, 0.6) is 11.5 Å². The summed E-state index contributed by atoms with van der Waals surface area (Å²) >= 11 is 0. The molecule has 0 unspecified atom stereocenters. The number of rotatable bonds is 7. The summed E-state index contributed by atoms with van der Waals surface area (Å²) in [6, 6.07) is 64.5. The number of hydrogen-bond donors (Lipinski definition) is 0. The van der Waals surface area contributed by atoms with Gasteiger partial charge in [-0.05, 0) is 264 Å². The van der Waals surface area contributed by atoms with Crippen molar-refractivity contribution in [2.45, 2.75) is 144 Å². The molecule has 9 rings (SSSR count). The summed E-state index contributed by atoms with van der Waals surface area (Å²) in [5.74, 6) is 1.77. The summed E-state index contributed by atoms with van der Waals surface area (Å²) in [5.41, 5.74) is 29.9. The molecule has 0 aliphatic rings.